The predicted octanol–water partition coefficient (Wildman–Crippen LogP) is 3.23. The Morgan fingerprint density at radius 2 is 1.89 bits per heavy atom. The molecule has 1 rings (SSSR count). The van der Waals surface area contributed by atoms with Crippen LogP contribution in [0.15, 0.2) is 24.3 Å². The molecule has 0 radical (unpaired) electrons. The van der Waals surface area contributed by atoms with E-state index in [-0.39, 0.29) is 5.97 Å². The van der Waals surface area contributed by atoms with E-state index in [1.807, 2.05) is 31.2 Å². The molecule has 0 aliphatic carbocycles. The van der Waals surface area contributed by atoms with Gasteiger partial charge in [0.05, 0.1) is 13.7 Å². The average Bonchev–Trinajstić information content (AvgIpc) is 2.43. The van der Waals surface area contributed by atoms with E-state index in [1.54, 1.807) is 7.11 Å². The highest BCUT2D eigenvalue weighted by Gasteiger charge is 2.00. The molecule has 0 bridgehead atoms. The number of methoxy groups -OCH3 is 1. The smallest absolute Gasteiger partial charge is 0.305 e. The molecule has 1 aromatic rings. The largest absolute Gasteiger partial charge is 0.497 e. The molecule has 0 aliphatic heterocycles. The molecule has 106 valence electrons. The topological polar surface area (TPSA) is 47.6 Å². The summed E-state index contributed by atoms with van der Waals surface area (Å²) in [7, 11) is 1.66. The number of nitrogens with one attached hydrogen (secondary N) is 1. The molecule has 1 aromatic carbocycles. The highest BCUT2D eigenvalue weighted by atomic mass is 16.5. The number of unbranched alkanes of at least 4 members (excludes halogenated alkanes) is 2. The normalized spacial score (nSPS) is 10.0. The van der Waals surface area contributed by atoms with Gasteiger partial charge in [0.15, 0.2) is 0 Å². The summed E-state index contributed by atoms with van der Waals surface area (Å²) >= 11 is 0. The van der Waals surface area contributed by atoms with Crippen molar-refractivity contribution in [3.05, 3.63) is 24.3 Å². The third kappa shape index (κ3) is 6.70. The van der Waals surface area contributed by atoms with Crippen molar-refractivity contribution in [1.29, 1.82) is 0 Å². The van der Waals surface area contributed by atoms with Crippen molar-refractivity contribution in [3.63, 3.8) is 0 Å². The maximum absolute atomic E-state index is 11.1. The van der Waals surface area contributed by atoms with Gasteiger partial charge in [-0.3, -0.25) is 4.79 Å². The number of benzene rings is 1. The van der Waals surface area contributed by atoms with E-state index in [0.717, 1.165) is 37.2 Å². The molecular weight excluding hydrogens is 242 g/mol. The van der Waals surface area contributed by atoms with E-state index in [2.05, 4.69) is 5.32 Å². The van der Waals surface area contributed by atoms with Crippen LogP contribution in [0.3, 0.4) is 0 Å². The van der Waals surface area contributed by atoms with Gasteiger partial charge < -0.3 is 14.8 Å². The molecule has 1 N–H and O–H groups in total. The number of ether oxygens (including phenoxy) is 2. The van der Waals surface area contributed by atoms with Crippen LogP contribution in [-0.4, -0.2) is 26.2 Å². The Hall–Kier alpha value is -1.71. The van der Waals surface area contributed by atoms with E-state index >= 15 is 0 Å². The second-order valence-electron chi connectivity index (χ2n) is 4.27. The lowest BCUT2D eigenvalue weighted by atomic mass is 10.2. The molecule has 0 unspecified atom stereocenters. The molecule has 0 saturated heterocycles. The average molecular weight is 265 g/mol. The first-order valence-corrected chi connectivity index (χ1v) is 6.79. The Kier molecular flexibility index (Phi) is 7.47. The Morgan fingerprint density at radius 3 is 2.53 bits per heavy atom. The summed E-state index contributed by atoms with van der Waals surface area (Å²) in [6.07, 6.45) is 3.49. The van der Waals surface area contributed by atoms with Crippen molar-refractivity contribution in [3.8, 4) is 5.75 Å². The zero-order valence-corrected chi connectivity index (χ0v) is 11.8. The van der Waals surface area contributed by atoms with Gasteiger partial charge in [0.1, 0.15) is 5.75 Å². The first-order chi connectivity index (χ1) is 9.26. The van der Waals surface area contributed by atoms with Gasteiger partial charge in [-0.25, -0.2) is 0 Å². The van der Waals surface area contributed by atoms with Gasteiger partial charge >= 0.3 is 5.97 Å². The van der Waals surface area contributed by atoms with Crippen LogP contribution >= 0.6 is 0 Å². The number of rotatable bonds is 9. The molecule has 4 nitrogen and oxygen atoms in total. The fourth-order valence-electron chi connectivity index (χ4n) is 1.75. The van der Waals surface area contributed by atoms with Gasteiger partial charge in [-0.2, -0.15) is 0 Å². The first-order valence-electron chi connectivity index (χ1n) is 6.79. The standard InChI is InChI=1S/C15H23NO3/c1-3-19-15(17)7-5-4-6-12-16-13-8-10-14(18-2)11-9-13/h8-11,16H,3-7,12H2,1-2H3. The van der Waals surface area contributed by atoms with Crippen LogP contribution in [0.4, 0.5) is 5.69 Å². The molecular formula is C15H23NO3. The summed E-state index contributed by atoms with van der Waals surface area (Å²) in [5.74, 6) is 0.769. The summed E-state index contributed by atoms with van der Waals surface area (Å²) in [5, 5.41) is 3.34. The van der Waals surface area contributed by atoms with Gasteiger partial charge in [0, 0.05) is 18.7 Å². The zero-order valence-electron chi connectivity index (χ0n) is 11.8. The third-order valence-electron chi connectivity index (χ3n) is 2.78. The second-order valence-corrected chi connectivity index (χ2v) is 4.27. The minimum Gasteiger partial charge on any atom is -0.497 e. The monoisotopic (exact) mass is 265 g/mol. The quantitative estimate of drug-likeness (QED) is 0.550. The molecule has 4 heteroatoms. The van der Waals surface area contributed by atoms with Crippen molar-refractivity contribution in [2.45, 2.75) is 32.6 Å². The SMILES string of the molecule is CCOC(=O)CCCCCNc1ccc(OC)cc1. The minimum absolute atomic E-state index is 0.0920. The molecule has 0 fully saturated rings. The molecule has 0 amide bonds. The van der Waals surface area contributed by atoms with Crippen molar-refractivity contribution >= 4 is 11.7 Å². The summed E-state index contributed by atoms with van der Waals surface area (Å²) < 4.78 is 9.97. The first kappa shape index (κ1) is 15.3. The third-order valence-corrected chi connectivity index (χ3v) is 2.78. The van der Waals surface area contributed by atoms with Crippen molar-refractivity contribution in [1.82, 2.24) is 0 Å². The van der Waals surface area contributed by atoms with Gasteiger partial charge in [0.25, 0.3) is 0 Å². The molecule has 0 aliphatic rings. The summed E-state index contributed by atoms with van der Waals surface area (Å²) in [6, 6.07) is 7.86. The Labute approximate surface area is 115 Å². The van der Waals surface area contributed by atoms with Gasteiger partial charge in [-0.15, -0.1) is 0 Å². The molecule has 19 heavy (non-hydrogen) atoms. The zero-order chi connectivity index (χ0) is 13.9. The fourth-order valence-corrected chi connectivity index (χ4v) is 1.75. The van der Waals surface area contributed by atoms with Crippen LogP contribution in [-0.2, 0) is 9.53 Å². The molecule has 0 saturated carbocycles. The number of carbonyl (C=O) groups is 1. The van der Waals surface area contributed by atoms with E-state index in [1.165, 1.54) is 0 Å². The second kappa shape index (κ2) is 9.25. The lowest BCUT2D eigenvalue weighted by Gasteiger charge is -2.07. The molecule has 0 aromatic heterocycles. The number of hydrogen-bond donors (Lipinski definition) is 1. The lowest BCUT2D eigenvalue weighted by molar-refractivity contribution is -0.143. The van der Waals surface area contributed by atoms with Gasteiger partial charge in [0.2, 0.25) is 0 Å². The van der Waals surface area contributed by atoms with Crippen LogP contribution in [0, 0.1) is 0 Å². The maximum Gasteiger partial charge on any atom is 0.305 e. The highest BCUT2D eigenvalue weighted by Crippen LogP contribution is 2.15. The Bertz CT molecular complexity index is 362. The Balaban J connectivity index is 2.05. The van der Waals surface area contributed by atoms with Crippen LogP contribution in [0.25, 0.3) is 0 Å². The lowest BCUT2D eigenvalue weighted by Crippen LogP contribution is -2.04. The van der Waals surface area contributed by atoms with E-state index in [4.69, 9.17) is 9.47 Å². The van der Waals surface area contributed by atoms with Gasteiger partial charge in [-0.1, -0.05) is 6.42 Å². The van der Waals surface area contributed by atoms with Crippen molar-refractivity contribution in [2.75, 3.05) is 25.6 Å². The van der Waals surface area contributed by atoms with Crippen molar-refractivity contribution < 1.29 is 14.3 Å². The highest BCUT2D eigenvalue weighted by molar-refractivity contribution is 5.69. The molecule has 0 spiro atoms. The van der Waals surface area contributed by atoms with E-state index in [9.17, 15) is 4.79 Å². The number of hydrogen-bond acceptors (Lipinski definition) is 4. The number of anilines is 1. The summed E-state index contributed by atoms with van der Waals surface area (Å²) in [6.45, 7) is 3.21. The van der Waals surface area contributed by atoms with Crippen molar-refractivity contribution in [2.24, 2.45) is 0 Å². The number of esters is 1. The molecule has 0 heterocycles. The minimum atomic E-state index is -0.0920. The number of carbonyl (C=O) groups excluding carboxylic acids is 1. The van der Waals surface area contributed by atoms with Gasteiger partial charge in [-0.05, 0) is 44.0 Å². The fraction of sp³-hybridized carbons (Fsp3) is 0.533. The molecule has 0 atom stereocenters. The van der Waals surface area contributed by atoms with Crippen LogP contribution in [0.1, 0.15) is 32.6 Å². The van der Waals surface area contributed by atoms with E-state index in [0.29, 0.717) is 13.0 Å². The summed E-state index contributed by atoms with van der Waals surface area (Å²) in [5.41, 5.74) is 1.09. The summed E-state index contributed by atoms with van der Waals surface area (Å²) in [4.78, 5) is 11.1. The predicted molar refractivity (Wildman–Crippen MR) is 76.6 cm³/mol. The van der Waals surface area contributed by atoms with Crippen LogP contribution in [0.5, 0.6) is 5.75 Å². The Morgan fingerprint density at radius 1 is 1.16 bits per heavy atom. The van der Waals surface area contributed by atoms with E-state index < -0.39 is 0 Å². The maximum atomic E-state index is 11.1. The van der Waals surface area contributed by atoms with Crippen LogP contribution < -0.4 is 10.1 Å². The van der Waals surface area contributed by atoms with Crippen LogP contribution in [0.2, 0.25) is 0 Å².